The van der Waals surface area contributed by atoms with Crippen LogP contribution in [0.4, 0.5) is 0 Å². The molecule has 1 N–H and O–H groups in total. The number of benzene rings is 1. The Labute approximate surface area is 94.3 Å². The number of carbonyl (C=O) groups is 1. The Bertz CT molecular complexity index is 311. The van der Waals surface area contributed by atoms with Crippen molar-refractivity contribution in [3.63, 3.8) is 0 Å². The van der Waals surface area contributed by atoms with E-state index in [0.29, 0.717) is 17.2 Å². The molecule has 0 aliphatic carbocycles. The molecule has 0 atom stereocenters. The molecule has 3 nitrogen and oxygen atoms in total. The molecule has 0 saturated heterocycles. The van der Waals surface area contributed by atoms with Crippen LogP contribution in [-0.4, -0.2) is 12.5 Å². The van der Waals surface area contributed by atoms with E-state index in [0.717, 1.165) is 12.8 Å². The van der Waals surface area contributed by atoms with Gasteiger partial charge >= 0.3 is 0 Å². The van der Waals surface area contributed by atoms with Crippen LogP contribution in [0.3, 0.4) is 0 Å². The highest BCUT2D eigenvalue weighted by molar-refractivity contribution is 6.30. The van der Waals surface area contributed by atoms with Gasteiger partial charge in [0.15, 0.2) is 0 Å². The summed E-state index contributed by atoms with van der Waals surface area (Å²) in [6, 6.07) is 6.65. The number of nitrogens with one attached hydrogen (secondary N) is 1. The second kappa shape index (κ2) is 6.43. The van der Waals surface area contributed by atoms with Gasteiger partial charge in [-0.15, -0.1) is 0 Å². The molecule has 0 saturated carbocycles. The Kier molecular flexibility index (Phi) is 5.15. The lowest BCUT2D eigenvalue weighted by Crippen LogP contribution is -2.24. The SMILES string of the molecule is CCCCONC(=O)c1ccc(Cl)cc1. The minimum atomic E-state index is -0.247. The Hall–Kier alpha value is -1.06. The summed E-state index contributed by atoms with van der Waals surface area (Å²) in [6.07, 6.45) is 1.97. The van der Waals surface area contributed by atoms with Crippen LogP contribution in [0.5, 0.6) is 0 Å². The summed E-state index contributed by atoms with van der Waals surface area (Å²) in [5.41, 5.74) is 2.91. The normalized spacial score (nSPS) is 10.0. The van der Waals surface area contributed by atoms with Gasteiger partial charge in [-0.3, -0.25) is 9.63 Å². The third-order valence-electron chi connectivity index (χ3n) is 1.87. The third kappa shape index (κ3) is 4.32. The molecule has 0 heterocycles. The average Bonchev–Trinajstić information content (AvgIpc) is 2.25. The fourth-order valence-corrected chi connectivity index (χ4v) is 1.12. The molecule has 1 aromatic carbocycles. The zero-order valence-electron chi connectivity index (χ0n) is 8.63. The van der Waals surface area contributed by atoms with Gasteiger partial charge in [0, 0.05) is 10.6 Å². The van der Waals surface area contributed by atoms with Crippen LogP contribution in [0.25, 0.3) is 0 Å². The summed E-state index contributed by atoms with van der Waals surface area (Å²) in [6.45, 7) is 2.60. The van der Waals surface area contributed by atoms with E-state index in [9.17, 15) is 4.79 Å². The van der Waals surface area contributed by atoms with Crippen LogP contribution in [0.1, 0.15) is 30.1 Å². The van der Waals surface area contributed by atoms with E-state index < -0.39 is 0 Å². The monoisotopic (exact) mass is 227 g/mol. The van der Waals surface area contributed by atoms with E-state index in [1.165, 1.54) is 0 Å². The van der Waals surface area contributed by atoms with Crippen LogP contribution in [-0.2, 0) is 4.84 Å². The predicted octanol–water partition coefficient (Wildman–Crippen LogP) is 2.80. The minimum absolute atomic E-state index is 0.247. The number of hydrogen-bond donors (Lipinski definition) is 1. The number of hydroxylamine groups is 1. The van der Waals surface area contributed by atoms with Gasteiger partial charge in [0.2, 0.25) is 0 Å². The Morgan fingerprint density at radius 3 is 2.67 bits per heavy atom. The van der Waals surface area contributed by atoms with Gasteiger partial charge in [0.1, 0.15) is 0 Å². The quantitative estimate of drug-likeness (QED) is 0.621. The molecule has 0 aliphatic heterocycles. The number of hydrogen-bond acceptors (Lipinski definition) is 2. The van der Waals surface area contributed by atoms with Crippen molar-refractivity contribution in [3.05, 3.63) is 34.9 Å². The number of amides is 1. The summed E-state index contributed by atoms with van der Waals surface area (Å²) >= 11 is 5.70. The maximum absolute atomic E-state index is 11.4. The maximum Gasteiger partial charge on any atom is 0.274 e. The second-order valence-corrected chi connectivity index (χ2v) is 3.58. The van der Waals surface area contributed by atoms with E-state index in [4.69, 9.17) is 16.4 Å². The lowest BCUT2D eigenvalue weighted by molar-refractivity contribution is 0.0302. The predicted molar refractivity (Wildman–Crippen MR) is 59.8 cm³/mol. The van der Waals surface area contributed by atoms with Crippen molar-refractivity contribution in [1.82, 2.24) is 5.48 Å². The third-order valence-corrected chi connectivity index (χ3v) is 2.12. The van der Waals surface area contributed by atoms with Crippen molar-refractivity contribution in [2.45, 2.75) is 19.8 Å². The van der Waals surface area contributed by atoms with Gasteiger partial charge in [-0.1, -0.05) is 24.9 Å². The van der Waals surface area contributed by atoms with Crippen LogP contribution < -0.4 is 5.48 Å². The molecule has 0 bridgehead atoms. The zero-order chi connectivity index (χ0) is 11.1. The lowest BCUT2D eigenvalue weighted by Gasteiger charge is -2.04. The molecular weight excluding hydrogens is 214 g/mol. The second-order valence-electron chi connectivity index (χ2n) is 3.14. The van der Waals surface area contributed by atoms with Crippen molar-refractivity contribution < 1.29 is 9.63 Å². The Morgan fingerprint density at radius 2 is 2.07 bits per heavy atom. The molecule has 0 unspecified atom stereocenters. The van der Waals surface area contributed by atoms with E-state index in [2.05, 4.69) is 12.4 Å². The molecule has 0 aliphatic rings. The fraction of sp³-hybridized carbons (Fsp3) is 0.364. The van der Waals surface area contributed by atoms with Crippen LogP contribution in [0, 0.1) is 0 Å². The summed E-state index contributed by atoms with van der Waals surface area (Å²) in [7, 11) is 0. The van der Waals surface area contributed by atoms with Crippen LogP contribution in [0.15, 0.2) is 24.3 Å². The molecular formula is C11H14ClNO2. The Balaban J connectivity index is 2.37. The lowest BCUT2D eigenvalue weighted by atomic mass is 10.2. The van der Waals surface area contributed by atoms with Gasteiger partial charge in [-0.2, -0.15) is 0 Å². The molecule has 4 heteroatoms. The highest BCUT2D eigenvalue weighted by Gasteiger charge is 2.03. The first kappa shape index (κ1) is 12.0. The van der Waals surface area contributed by atoms with Crippen LogP contribution >= 0.6 is 11.6 Å². The molecule has 1 aromatic rings. The van der Waals surface area contributed by atoms with Crippen molar-refractivity contribution >= 4 is 17.5 Å². The Morgan fingerprint density at radius 1 is 1.40 bits per heavy atom. The number of unbranched alkanes of at least 4 members (excludes halogenated alkanes) is 1. The highest BCUT2D eigenvalue weighted by atomic mass is 35.5. The molecule has 0 aromatic heterocycles. The largest absolute Gasteiger partial charge is 0.274 e. The molecule has 15 heavy (non-hydrogen) atoms. The molecule has 0 fully saturated rings. The average molecular weight is 228 g/mol. The van der Waals surface area contributed by atoms with Gasteiger partial charge in [0.25, 0.3) is 5.91 Å². The zero-order valence-corrected chi connectivity index (χ0v) is 9.38. The molecule has 82 valence electrons. The molecule has 0 radical (unpaired) electrons. The molecule has 0 spiro atoms. The maximum atomic E-state index is 11.4. The number of halogens is 1. The summed E-state index contributed by atoms with van der Waals surface area (Å²) < 4.78 is 0. The van der Waals surface area contributed by atoms with E-state index in [1.807, 2.05) is 0 Å². The molecule has 1 rings (SSSR count). The topological polar surface area (TPSA) is 38.3 Å². The van der Waals surface area contributed by atoms with Gasteiger partial charge in [-0.05, 0) is 30.7 Å². The fourth-order valence-electron chi connectivity index (χ4n) is 0.993. The van der Waals surface area contributed by atoms with E-state index >= 15 is 0 Å². The summed E-state index contributed by atoms with van der Waals surface area (Å²) in [5, 5.41) is 0.610. The minimum Gasteiger partial charge on any atom is -0.273 e. The number of rotatable bonds is 5. The summed E-state index contributed by atoms with van der Waals surface area (Å²) in [5.74, 6) is -0.247. The van der Waals surface area contributed by atoms with Crippen molar-refractivity contribution in [1.29, 1.82) is 0 Å². The molecule has 1 amide bonds. The smallest absolute Gasteiger partial charge is 0.273 e. The van der Waals surface area contributed by atoms with Crippen molar-refractivity contribution in [2.75, 3.05) is 6.61 Å². The standard InChI is InChI=1S/C11H14ClNO2/c1-2-3-8-15-13-11(14)9-4-6-10(12)7-5-9/h4-7H,2-3,8H2,1H3,(H,13,14). The van der Waals surface area contributed by atoms with Gasteiger partial charge < -0.3 is 0 Å². The van der Waals surface area contributed by atoms with E-state index in [1.54, 1.807) is 24.3 Å². The van der Waals surface area contributed by atoms with Gasteiger partial charge in [0.05, 0.1) is 6.61 Å². The first-order valence-electron chi connectivity index (χ1n) is 4.91. The van der Waals surface area contributed by atoms with Crippen molar-refractivity contribution in [3.8, 4) is 0 Å². The van der Waals surface area contributed by atoms with Crippen molar-refractivity contribution in [2.24, 2.45) is 0 Å². The first-order valence-corrected chi connectivity index (χ1v) is 5.29. The first-order chi connectivity index (χ1) is 7.24. The summed E-state index contributed by atoms with van der Waals surface area (Å²) in [4.78, 5) is 16.4. The van der Waals surface area contributed by atoms with Crippen LogP contribution in [0.2, 0.25) is 5.02 Å². The van der Waals surface area contributed by atoms with Gasteiger partial charge in [-0.25, -0.2) is 5.48 Å². The number of carbonyl (C=O) groups excluding carboxylic acids is 1. The van der Waals surface area contributed by atoms with E-state index in [-0.39, 0.29) is 5.91 Å². The highest BCUT2D eigenvalue weighted by Crippen LogP contribution is 2.09.